The van der Waals surface area contributed by atoms with Crippen molar-refractivity contribution in [2.75, 3.05) is 0 Å². The SMILES string of the molecule is CC(NC(=O)C1CC1[N+](=O)[O-])c1cccc(S(N)(=O)=O)c1. The number of hydrogen-bond donors (Lipinski definition) is 2. The Morgan fingerprint density at radius 3 is 2.71 bits per heavy atom. The molecule has 21 heavy (non-hydrogen) atoms. The minimum absolute atomic E-state index is 0.0457. The van der Waals surface area contributed by atoms with Gasteiger partial charge in [-0.15, -0.1) is 0 Å². The van der Waals surface area contributed by atoms with E-state index in [2.05, 4.69) is 5.32 Å². The van der Waals surface area contributed by atoms with Crippen LogP contribution < -0.4 is 10.5 Å². The van der Waals surface area contributed by atoms with Crippen molar-refractivity contribution >= 4 is 15.9 Å². The molecule has 1 aliphatic rings. The molecule has 0 heterocycles. The molecule has 0 aromatic heterocycles. The topological polar surface area (TPSA) is 132 Å². The zero-order chi connectivity index (χ0) is 15.8. The molecule has 1 aromatic carbocycles. The normalized spacial score (nSPS) is 22.4. The molecule has 1 aliphatic carbocycles. The van der Waals surface area contributed by atoms with Crippen LogP contribution in [-0.4, -0.2) is 25.3 Å². The fourth-order valence-electron chi connectivity index (χ4n) is 2.06. The Hall–Kier alpha value is -2.00. The van der Waals surface area contributed by atoms with Crippen LogP contribution in [0.1, 0.15) is 24.9 Å². The quantitative estimate of drug-likeness (QED) is 0.591. The molecule has 2 rings (SSSR count). The van der Waals surface area contributed by atoms with Crippen LogP contribution in [0.25, 0.3) is 0 Å². The standard InChI is InChI=1S/C12H15N3O5S/c1-7(14-12(16)10-6-11(10)15(17)18)8-3-2-4-9(5-8)21(13,19)20/h2-5,7,10-11H,6H2,1H3,(H,14,16)(H2,13,19,20). The molecule has 1 aromatic rings. The van der Waals surface area contributed by atoms with Crippen molar-refractivity contribution in [3.05, 3.63) is 39.9 Å². The van der Waals surface area contributed by atoms with Crippen LogP contribution in [0.2, 0.25) is 0 Å². The molecule has 3 unspecified atom stereocenters. The molecule has 1 amide bonds. The Morgan fingerprint density at radius 2 is 2.19 bits per heavy atom. The van der Waals surface area contributed by atoms with E-state index in [0.29, 0.717) is 5.56 Å². The van der Waals surface area contributed by atoms with Gasteiger partial charge in [-0.25, -0.2) is 13.6 Å². The van der Waals surface area contributed by atoms with E-state index in [1.165, 1.54) is 18.2 Å². The lowest BCUT2D eigenvalue weighted by Gasteiger charge is -2.14. The molecule has 0 radical (unpaired) electrons. The van der Waals surface area contributed by atoms with Crippen LogP contribution in [0.5, 0.6) is 0 Å². The molecule has 0 spiro atoms. The highest BCUT2D eigenvalue weighted by Crippen LogP contribution is 2.33. The summed E-state index contributed by atoms with van der Waals surface area (Å²) in [6.45, 7) is 1.67. The van der Waals surface area contributed by atoms with Crippen molar-refractivity contribution < 1.29 is 18.1 Å². The van der Waals surface area contributed by atoms with Crippen LogP contribution in [-0.2, 0) is 14.8 Å². The Kier molecular flexibility index (Phi) is 3.97. The first-order valence-corrected chi connectivity index (χ1v) is 7.81. The lowest BCUT2D eigenvalue weighted by Crippen LogP contribution is -2.30. The number of nitro groups is 1. The van der Waals surface area contributed by atoms with Gasteiger partial charge in [-0.3, -0.25) is 14.9 Å². The molecule has 1 saturated carbocycles. The third kappa shape index (κ3) is 3.56. The fraction of sp³-hybridized carbons (Fsp3) is 0.417. The minimum Gasteiger partial charge on any atom is -0.349 e. The third-order valence-corrected chi connectivity index (χ3v) is 4.32. The number of benzene rings is 1. The van der Waals surface area contributed by atoms with Crippen molar-refractivity contribution in [2.45, 2.75) is 30.3 Å². The van der Waals surface area contributed by atoms with Crippen LogP contribution in [0.3, 0.4) is 0 Å². The van der Waals surface area contributed by atoms with E-state index in [4.69, 9.17) is 5.14 Å². The fourth-order valence-corrected chi connectivity index (χ4v) is 2.63. The van der Waals surface area contributed by atoms with Crippen molar-refractivity contribution in [3.8, 4) is 0 Å². The van der Waals surface area contributed by atoms with Gasteiger partial charge in [0.05, 0.1) is 10.9 Å². The number of nitrogens with two attached hydrogens (primary N) is 1. The Bertz CT molecular complexity index is 688. The van der Waals surface area contributed by atoms with E-state index in [0.717, 1.165) is 0 Å². The average Bonchev–Trinajstić information content (AvgIpc) is 3.18. The van der Waals surface area contributed by atoms with Gasteiger partial charge in [0.1, 0.15) is 5.92 Å². The maximum absolute atomic E-state index is 11.8. The molecule has 9 heteroatoms. The zero-order valence-corrected chi connectivity index (χ0v) is 12.0. The molecule has 8 nitrogen and oxygen atoms in total. The number of nitrogens with zero attached hydrogens (tertiary/aromatic N) is 1. The van der Waals surface area contributed by atoms with Gasteiger partial charge in [-0.2, -0.15) is 0 Å². The highest BCUT2D eigenvalue weighted by molar-refractivity contribution is 7.89. The van der Waals surface area contributed by atoms with Gasteiger partial charge in [0, 0.05) is 11.3 Å². The van der Waals surface area contributed by atoms with Crippen LogP contribution >= 0.6 is 0 Å². The molecule has 0 bridgehead atoms. The van der Waals surface area contributed by atoms with Gasteiger partial charge in [0.25, 0.3) is 0 Å². The minimum atomic E-state index is -3.81. The summed E-state index contributed by atoms with van der Waals surface area (Å²) >= 11 is 0. The number of nitrogens with one attached hydrogen (secondary N) is 1. The highest BCUT2D eigenvalue weighted by Gasteiger charge is 2.53. The molecule has 1 fully saturated rings. The summed E-state index contributed by atoms with van der Waals surface area (Å²) in [6.07, 6.45) is 0.239. The number of hydrogen-bond acceptors (Lipinski definition) is 5. The predicted octanol–water partition coefficient (Wildman–Crippen LogP) is 0.176. The van der Waals surface area contributed by atoms with Crippen molar-refractivity contribution in [1.82, 2.24) is 5.32 Å². The van der Waals surface area contributed by atoms with Gasteiger partial charge in [-0.05, 0) is 24.6 Å². The number of carbonyl (C=O) groups is 1. The summed E-state index contributed by atoms with van der Waals surface area (Å²) in [4.78, 5) is 21.9. The van der Waals surface area contributed by atoms with E-state index in [1.54, 1.807) is 13.0 Å². The second-order valence-electron chi connectivity index (χ2n) is 5.04. The van der Waals surface area contributed by atoms with Crippen LogP contribution in [0, 0.1) is 16.0 Å². The molecule has 0 aliphatic heterocycles. The molecule has 0 saturated heterocycles. The summed E-state index contributed by atoms with van der Waals surface area (Å²) in [5.74, 6) is -1.01. The number of rotatable bonds is 5. The maximum atomic E-state index is 11.8. The smallest absolute Gasteiger partial charge is 0.238 e. The van der Waals surface area contributed by atoms with Crippen molar-refractivity contribution in [3.63, 3.8) is 0 Å². The maximum Gasteiger partial charge on any atom is 0.238 e. The number of sulfonamides is 1. The molecule has 114 valence electrons. The van der Waals surface area contributed by atoms with Crippen molar-refractivity contribution in [2.24, 2.45) is 11.1 Å². The summed E-state index contributed by atoms with van der Waals surface area (Å²) < 4.78 is 22.6. The Morgan fingerprint density at radius 1 is 1.52 bits per heavy atom. The predicted molar refractivity (Wildman–Crippen MR) is 73.3 cm³/mol. The summed E-state index contributed by atoms with van der Waals surface area (Å²) in [6, 6.07) is 4.63. The molecule has 3 N–H and O–H groups in total. The van der Waals surface area contributed by atoms with E-state index >= 15 is 0 Å². The monoisotopic (exact) mass is 313 g/mol. The van der Waals surface area contributed by atoms with Gasteiger partial charge >= 0.3 is 0 Å². The second kappa shape index (κ2) is 5.41. The first kappa shape index (κ1) is 15.4. The van der Waals surface area contributed by atoms with Gasteiger partial charge in [0.2, 0.25) is 22.0 Å². The van der Waals surface area contributed by atoms with Crippen LogP contribution in [0.4, 0.5) is 0 Å². The van der Waals surface area contributed by atoms with Gasteiger partial charge < -0.3 is 5.32 Å². The number of amides is 1. The molecule has 3 atom stereocenters. The van der Waals surface area contributed by atoms with Crippen LogP contribution in [0.15, 0.2) is 29.2 Å². The van der Waals surface area contributed by atoms with Gasteiger partial charge in [-0.1, -0.05) is 12.1 Å². The number of primary sulfonamides is 1. The lowest BCUT2D eigenvalue weighted by molar-refractivity contribution is -0.497. The zero-order valence-electron chi connectivity index (χ0n) is 11.2. The number of carbonyl (C=O) groups excluding carboxylic acids is 1. The summed E-state index contributed by atoms with van der Waals surface area (Å²) in [5.41, 5.74) is 0.563. The largest absolute Gasteiger partial charge is 0.349 e. The second-order valence-corrected chi connectivity index (χ2v) is 6.60. The van der Waals surface area contributed by atoms with Gasteiger partial charge in [0.15, 0.2) is 0 Å². The third-order valence-electron chi connectivity index (χ3n) is 3.41. The van der Waals surface area contributed by atoms with E-state index in [9.17, 15) is 23.3 Å². The van der Waals surface area contributed by atoms with E-state index in [1.807, 2.05) is 0 Å². The Labute approximate surface area is 121 Å². The van der Waals surface area contributed by atoms with E-state index in [-0.39, 0.29) is 11.3 Å². The van der Waals surface area contributed by atoms with E-state index < -0.39 is 38.9 Å². The van der Waals surface area contributed by atoms with Crippen molar-refractivity contribution in [1.29, 1.82) is 0 Å². The Balaban J connectivity index is 2.06. The molecular weight excluding hydrogens is 298 g/mol. The first-order chi connectivity index (χ1) is 9.70. The summed E-state index contributed by atoms with van der Waals surface area (Å²) in [5, 5.41) is 18.2. The molecular formula is C12H15N3O5S. The highest BCUT2D eigenvalue weighted by atomic mass is 32.2. The lowest BCUT2D eigenvalue weighted by atomic mass is 10.1. The first-order valence-electron chi connectivity index (χ1n) is 6.27. The average molecular weight is 313 g/mol. The summed E-state index contributed by atoms with van der Waals surface area (Å²) in [7, 11) is -3.81.